The zero-order valence-corrected chi connectivity index (χ0v) is 10.3. The molecule has 1 rings (SSSR count). The maximum Gasteiger partial charge on any atom is 0.0612 e. The van der Waals surface area contributed by atoms with Crippen molar-refractivity contribution in [1.29, 1.82) is 0 Å². The Balaban J connectivity index is 2.39. The third-order valence-corrected chi connectivity index (χ3v) is 2.94. The molecule has 1 N–H and O–H groups in total. The zero-order chi connectivity index (χ0) is 11.8. The fraction of sp³-hybridized carbons (Fsp3) is 0.467. The summed E-state index contributed by atoms with van der Waals surface area (Å²) in [4.78, 5) is 0. The van der Waals surface area contributed by atoms with E-state index in [2.05, 4.69) is 50.3 Å². The van der Waals surface area contributed by atoms with E-state index in [9.17, 15) is 0 Å². The highest BCUT2D eigenvalue weighted by Crippen LogP contribution is 2.24. The number of aliphatic hydroxyl groups excluding tert-OH is 1. The lowest BCUT2D eigenvalue weighted by atomic mass is 9.89. The van der Waals surface area contributed by atoms with Gasteiger partial charge in [-0.25, -0.2) is 0 Å². The van der Waals surface area contributed by atoms with Crippen molar-refractivity contribution >= 4 is 0 Å². The van der Waals surface area contributed by atoms with Crippen molar-refractivity contribution in [3.63, 3.8) is 0 Å². The Bertz CT molecular complexity index is 302. The Morgan fingerprint density at radius 3 is 2.44 bits per heavy atom. The molecule has 0 aliphatic rings. The Morgan fingerprint density at radius 2 is 1.81 bits per heavy atom. The second-order valence-corrected chi connectivity index (χ2v) is 4.54. The molecule has 0 fully saturated rings. The molecule has 0 aromatic heterocycles. The van der Waals surface area contributed by atoms with Gasteiger partial charge in [0.15, 0.2) is 0 Å². The van der Waals surface area contributed by atoms with Crippen LogP contribution in [0.15, 0.2) is 42.5 Å². The van der Waals surface area contributed by atoms with Gasteiger partial charge in [-0.1, -0.05) is 56.3 Å². The normalized spacial score (nSPS) is 15.2. The summed E-state index contributed by atoms with van der Waals surface area (Å²) in [6.45, 7) is 4.70. The van der Waals surface area contributed by atoms with Crippen molar-refractivity contribution in [2.24, 2.45) is 5.92 Å². The molecule has 0 spiro atoms. The first-order chi connectivity index (χ1) is 7.74. The lowest BCUT2D eigenvalue weighted by Gasteiger charge is -2.16. The minimum atomic E-state index is 0.154. The quantitative estimate of drug-likeness (QED) is 0.721. The van der Waals surface area contributed by atoms with Crippen molar-refractivity contribution < 1.29 is 5.11 Å². The molecule has 0 amide bonds. The molecular formula is C15H22O. The Kier molecular flexibility index (Phi) is 5.87. The van der Waals surface area contributed by atoms with E-state index >= 15 is 0 Å². The fourth-order valence-corrected chi connectivity index (χ4v) is 2.02. The van der Waals surface area contributed by atoms with E-state index in [0.717, 1.165) is 6.42 Å². The van der Waals surface area contributed by atoms with Crippen LogP contribution in [-0.2, 0) is 0 Å². The molecule has 0 bridgehead atoms. The van der Waals surface area contributed by atoms with Gasteiger partial charge < -0.3 is 5.11 Å². The lowest BCUT2D eigenvalue weighted by Crippen LogP contribution is -2.01. The summed E-state index contributed by atoms with van der Waals surface area (Å²) >= 11 is 0. The van der Waals surface area contributed by atoms with Gasteiger partial charge in [0.2, 0.25) is 0 Å². The molecule has 0 saturated heterocycles. The van der Waals surface area contributed by atoms with Crippen LogP contribution < -0.4 is 0 Å². The predicted molar refractivity (Wildman–Crippen MR) is 69.5 cm³/mol. The average molecular weight is 218 g/mol. The minimum absolute atomic E-state index is 0.154. The highest BCUT2D eigenvalue weighted by atomic mass is 16.2. The first-order valence-corrected chi connectivity index (χ1v) is 6.04. The lowest BCUT2D eigenvalue weighted by molar-refractivity contribution is 0.342. The van der Waals surface area contributed by atoms with E-state index in [0.29, 0.717) is 11.8 Å². The van der Waals surface area contributed by atoms with Crippen molar-refractivity contribution in [2.75, 3.05) is 6.61 Å². The smallest absolute Gasteiger partial charge is 0.0612 e. The van der Waals surface area contributed by atoms with Crippen LogP contribution >= 0.6 is 0 Å². The van der Waals surface area contributed by atoms with Gasteiger partial charge in [0, 0.05) is 0 Å². The molecule has 1 nitrogen and oxygen atoms in total. The molecule has 0 unspecified atom stereocenters. The number of rotatable bonds is 6. The summed E-state index contributed by atoms with van der Waals surface area (Å²) in [5, 5.41) is 8.65. The molecule has 0 saturated carbocycles. The van der Waals surface area contributed by atoms with Gasteiger partial charge in [0.05, 0.1) is 6.61 Å². The standard InChI is InChI=1S/C15H22O/c1-13(8-6-7-11-16)12-14(2)15-9-4-3-5-10-15/h3-7,9-10,13-14,16H,8,11-12H2,1-2H3/b7-6+/t13-,14+/m1/s1. The van der Waals surface area contributed by atoms with Gasteiger partial charge >= 0.3 is 0 Å². The summed E-state index contributed by atoms with van der Waals surface area (Å²) in [5.41, 5.74) is 1.42. The molecule has 0 aliphatic heterocycles. The van der Waals surface area contributed by atoms with E-state index in [-0.39, 0.29) is 6.61 Å². The molecule has 1 heteroatoms. The average Bonchev–Trinajstić information content (AvgIpc) is 2.30. The van der Waals surface area contributed by atoms with Gasteiger partial charge in [-0.15, -0.1) is 0 Å². The molecule has 0 aliphatic carbocycles. The van der Waals surface area contributed by atoms with Crippen LogP contribution in [0.2, 0.25) is 0 Å². The van der Waals surface area contributed by atoms with Gasteiger partial charge in [-0.2, -0.15) is 0 Å². The van der Waals surface area contributed by atoms with E-state index in [4.69, 9.17) is 5.11 Å². The molecule has 0 heterocycles. The molecule has 0 radical (unpaired) electrons. The molecular weight excluding hydrogens is 196 g/mol. The van der Waals surface area contributed by atoms with Crippen LogP contribution in [0.25, 0.3) is 0 Å². The summed E-state index contributed by atoms with van der Waals surface area (Å²) in [7, 11) is 0. The maximum atomic E-state index is 8.65. The van der Waals surface area contributed by atoms with Gasteiger partial charge in [0.1, 0.15) is 0 Å². The fourth-order valence-electron chi connectivity index (χ4n) is 2.02. The van der Waals surface area contributed by atoms with Crippen molar-refractivity contribution in [1.82, 2.24) is 0 Å². The van der Waals surface area contributed by atoms with Gasteiger partial charge in [0.25, 0.3) is 0 Å². The van der Waals surface area contributed by atoms with E-state index < -0.39 is 0 Å². The van der Waals surface area contributed by atoms with Crippen LogP contribution in [-0.4, -0.2) is 11.7 Å². The topological polar surface area (TPSA) is 20.2 Å². The highest BCUT2D eigenvalue weighted by molar-refractivity contribution is 5.18. The molecule has 16 heavy (non-hydrogen) atoms. The first-order valence-electron chi connectivity index (χ1n) is 6.04. The van der Waals surface area contributed by atoms with Crippen LogP contribution in [0, 0.1) is 5.92 Å². The summed E-state index contributed by atoms with van der Waals surface area (Å²) in [6.07, 6.45) is 6.14. The van der Waals surface area contributed by atoms with Crippen LogP contribution in [0.3, 0.4) is 0 Å². The molecule has 2 atom stereocenters. The number of allylic oxidation sites excluding steroid dienone is 1. The maximum absolute atomic E-state index is 8.65. The first kappa shape index (κ1) is 13.0. The van der Waals surface area contributed by atoms with Gasteiger partial charge in [-0.05, 0) is 30.2 Å². The van der Waals surface area contributed by atoms with Gasteiger partial charge in [-0.3, -0.25) is 0 Å². The van der Waals surface area contributed by atoms with Crippen molar-refractivity contribution in [2.45, 2.75) is 32.6 Å². The Labute approximate surface area is 98.8 Å². The van der Waals surface area contributed by atoms with E-state index in [1.807, 2.05) is 6.08 Å². The predicted octanol–water partition coefficient (Wildman–Crippen LogP) is 3.75. The molecule has 1 aromatic rings. The van der Waals surface area contributed by atoms with E-state index in [1.165, 1.54) is 12.0 Å². The molecule has 88 valence electrons. The summed E-state index contributed by atoms with van der Waals surface area (Å²) < 4.78 is 0. The number of hydrogen-bond donors (Lipinski definition) is 1. The Hall–Kier alpha value is -1.08. The summed E-state index contributed by atoms with van der Waals surface area (Å²) in [5.74, 6) is 1.27. The van der Waals surface area contributed by atoms with Crippen LogP contribution in [0.5, 0.6) is 0 Å². The number of hydrogen-bond acceptors (Lipinski definition) is 1. The largest absolute Gasteiger partial charge is 0.392 e. The third kappa shape index (κ3) is 4.63. The van der Waals surface area contributed by atoms with Crippen LogP contribution in [0.4, 0.5) is 0 Å². The minimum Gasteiger partial charge on any atom is -0.392 e. The third-order valence-electron chi connectivity index (χ3n) is 2.94. The summed E-state index contributed by atoms with van der Waals surface area (Å²) in [6, 6.07) is 10.6. The van der Waals surface area contributed by atoms with Crippen molar-refractivity contribution in [3.8, 4) is 0 Å². The van der Waals surface area contributed by atoms with Crippen LogP contribution in [0.1, 0.15) is 38.2 Å². The SMILES string of the molecule is C[C@H](C/C=C/CO)C[C@H](C)c1ccccc1. The van der Waals surface area contributed by atoms with E-state index in [1.54, 1.807) is 0 Å². The second kappa shape index (κ2) is 7.24. The zero-order valence-electron chi connectivity index (χ0n) is 10.3. The number of benzene rings is 1. The number of aliphatic hydroxyl groups is 1. The monoisotopic (exact) mass is 218 g/mol. The molecule has 1 aromatic carbocycles. The van der Waals surface area contributed by atoms with Crippen molar-refractivity contribution in [3.05, 3.63) is 48.0 Å². The highest BCUT2D eigenvalue weighted by Gasteiger charge is 2.09. The second-order valence-electron chi connectivity index (χ2n) is 4.54. The Morgan fingerprint density at radius 1 is 1.12 bits per heavy atom.